The van der Waals surface area contributed by atoms with Gasteiger partial charge in [0.2, 0.25) is 0 Å². The van der Waals surface area contributed by atoms with Crippen LogP contribution in [-0.2, 0) is 9.53 Å². The van der Waals surface area contributed by atoms with Crippen molar-refractivity contribution in [3.63, 3.8) is 0 Å². The summed E-state index contributed by atoms with van der Waals surface area (Å²) in [4.78, 5) is 26.5. The summed E-state index contributed by atoms with van der Waals surface area (Å²) >= 11 is 0. The Balaban J connectivity index is 1.44. The quantitative estimate of drug-likeness (QED) is 0.624. The summed E-state index contributed by atoms with van der Waals surface area (Å²) in [6.45, 7) is 2.15. The van der Waals surface area contributed by atoms with Crippen LogP contribution in [0.4, 0.5) is 10.5 Å². The Labute approximate surface area is 180 Å². The van der Waals surface area contributed by atoms with Gasteiger partial charge in [-0.1, -0.05) is 73.7 Å². The Bertz CT molecular complexity index is 1130. The van der Waals surface area contributed by atoms with E-state index in [4.69, 9.17) is 4.74 Å². The molecule has 0 radical (unpaired) electrons. The molecule has 0 unspecified atom stereocenters. The summed E-state index contributed by atoms with van der Waals surface area (Å²) in [5.74, 6) is -1.04. The standard InChI is InChI=1S/C26H23NO4/c1-16-14-24(25(28)29)27(23-13-7-6-8-17(16)23)26(30)31-15-22-20-11-4-2-9-18(20)19-10-3-5-12-21(19)22/h2-13,16,22,24H,14-15H2,1H3,(H,28,29)/t16-,24-/m1/s1. The third-order valence-corrected chi connectivity index (χ3v) is 6.43. The third-order valence-electron chi connectivity index (χ3n) is 6.43. The van der Waals surface area contributed by atoms with Gasteiger partial charge in [0.25, 0.3) is 0 Å². The number of aliphatic carboxylic acids is 1. The molecule has 31 heavy (non-hydrogen) atoms. The van der Waals surface area contributed by atoms with Crippen LogP contribution in [0.15, 0.2) is 72.8 Å². The van der Waals surface area contributed by atoms with Crippen molar-refractivity contribution in [1.29, 1.82) is 0 Å². The van der Waals surface area contributed by atoms with Crippen molar-refractivity contribution >= 4 is 17.7 Å². The molecule has 0 aromatic heterocycles. The van der Waals surface area contributed by atoms with Gasteiger partial charge in [0.05, 0.1) is 5.69 Å². The number of amides is 1. The van der Waals surface area contributed by atoms with E-state index in [2.05, 4.69) is 24.3 Å². The molecule has 1 N–H and O–H groups in total. The van der Waals surface area contributed by atoms with Crippen LogP contribution in [0, 0.1) is 0 Å². The zero-order valence-corrected chi connectivity index (χ0v) is 17.2. The van der Waals surface area contributed by atoms with Crippen LogP contribution in [0.25, 0.3) is 11.1 Å². The Morgan fingerprint density at radius 3 is 2.06 bits per heavy atom. The van der Waals surface area contributed by atoms with Crippen molar-refractivity contribution in [1.82, 2.24) is 0 Å². The first-order valence-electron chi connectivity index (χ1n) is 10.5. The Morgan fingerprint density at radius 2 is 1.45 bits per heavy atom. The lowest BCUT2D eigenvalue weighted by molar-refractivity contribution is -0.138. The molecule has 0 bridgehead atoms. The van der Waals surface area contributed by atoms with E-state index in [9.17, 15) is 14.7 Å². The van der Waals surface area contributed by atoms with Crippen molar-refractivity contribution in [3.8, 4) is 11.1 Å². The number of fused-ring (bicyclic) bond motifs is 4. The van der Waals surface area contributed by atoms with E-state index >= 15 is 0 Å². The van der Waals surface area contributed by atoms with Crippen LogP contribution in [0.1, 0.15) is 41.9 Å². The maximum Gasteiger partial charge on any atom is 0.415 e. The minimum atomic E-state index is -1.02. The van der Waals surface area contributed by atoms with Crippen LogP contribution >= 0.6 is 0 Å². The van der Waals surface area contributed by atoms with Gasteiger partial charge >= 0.3 is 12.1 Å². The van der Waals surface area contributed by atoms with Crippen molar-refractivity contribution < 1.29 is 19.4 Å². The number of benzene rings is 3. The van der Waals surface area contributed by atoms with E-state index < -0.39 is 18.1 Å². The number of carboxylic acids is 1. The maximum atomic E-state index is 13.2. The van der Waals surface area contributed by atoms with Crippen molar-refractivity contribution in [2.75, 3.05) is 11.5 Å². The summed E-state index contributed by atoms with van der Waals surface area (Å²) in [5, 5.41) is 9.79. The SMILES string of the molecule is C[C@@H]1C[C@H](C(=O)O)N(C(=O)OCC2c3ccccc3-c3ccccc32)c2ccccc21. The van der Waals surface area contributed by atoms with E-state index in [-0.39, 0.29) is 18.4 Å². The molecule has 0 saturated carbocycles. The van der Waals surface area contributed by atoms with Crippen LogP contribution in [0.5, 0.6) is 0 Å². The molecule has 2 aliphatic rings. The fraction of sp³-hybridized carbons (Fsp3) is 0.231. The van der Waals surface area contributed by atoms with Crippen molar-refractivity contribution in [2.45, 2.75) is 31.2 Å². The van der Waals surface area contributed by atoms with Crippen LogP contribution in [-0.4, -0.2) is 29.8 Å². The summed E-state index contributed by atoms with van der Waals surface area (Å²) in [6.07, 6.45) is -0.259. The summed E-state index contributed by atoms with van der Waals surface area (Å²) in [6, 6.07) is 22.8. The van der Waals surface area contributed by atoms with Crippen molar-refractivity contribution in [2.24, 2.45) is 0 Å². The highest BCUT2D eigenvalue weighted by Gasteiger charge is 2.40. The van der Waals surface area contributed by atoms with Crippen LogP contribution in [0.3, 0.4) is 0 Å². The molecule has 1 heterocycles. The molecule has 0 fully saturated rings. The van der Waals surface area contributed by atoms with E-state index in [1.54, 1.807) is 6.07 Å². The molecule has 5 heteroatoms. The van der Waals surface area contributed by atoms with E-state index in [1.807, 2.05) is 49.4 Å². The average molecular weight is 413 g/mol. The van der Waals surface area contributed by atoms with E-state index in [0.29, 0.717) is 12.1 Å². The lowest BCUT2D eigenvalue weighted by Gasteiger charge is -2.37. The number of carbonyl (C=O) groups excluding carboxylic acids is 1. The highest BCUT2D eigenvalue weighted by Crippen LogP contribution is 2.45. The Kier molecular flexibility index (Phi) is 4.74. The van der Waals surface area contributed by atoms with Gasteiger partial charge in [-0.15, -0.1) is 0 Å². The smallest absolute Gasteiger partial charge is 0.415 e. The normalized spacial score (nSPS) is 19.3. The minimum Gasteiger partial charge on any atom is -0.480 e. The second-order valence-corrected chi connectivity index (χ2v) is 8.22. The first kappa shape index (κ1) is 19.4. The number of hydrogen-bond donors (Lipinski definition) is 1. The van der Waals surface area contributed by atoms with Gasteiger partial charge in [0.1, 0.15) is 12.6 Å². The Morgan fingerprint density at radius 1 is 0.903 bits per heavy atom. The number of para-hydroxylation sites is 1. The molecule has 1 aliphatic heterocycles. The molecule has 5 rings (SSSR count). The molecular formula is C26H23NO4. The number of nitrogens with zero attached hydrogens (tertiary/aromatic N) is 1. The first-order valence-corrected chi connectivity index (χ1v) is 10.5. The second-order valence-electron chi connectivity index (χ2n) is 8.22. The number of hydrogen-bond acceptors (Lipinski definition) is 3. The minimum absolute atomic E-state index is 0.0509. The molecular weight excluding hydrogens is 390 g/mol. The second kappa shape index (κ2) is 7.58. The predicted molar refractivity (Wildman–Crippen MR) is 118 cm³/mol. The monoisotopic (exact) mass is 413 g/mol. The molecule has 0 saturated heterocycles. The number of ether oxygens (including phenoxy) is 1. The van der Waals surface area contributed by atoms with Crippen LogP contribution in [0.2, 0.25) is 0 Å². The number of carboxylic acid groups (broad SMARTS) is 1. The largest absolute Gasteiger partial charge is 0.480 e. The van der Waals surface area contributed by atoms with E-state index in [1.165, 1.54) is 4.90 Å². The zero-order chi connectivity index (χ0) is 21.5. The van der Waals surface area contributed by atoms with Gasteiger partial charge in [-0.05, 0) is 46.2 Å². The highest BCUT2D eigenvalue weighted by atomic mass is 16.6. The summed E-state index contributed by atoms with van der Waals surface area (Å²) in [5.41, 5.74) is 6.14. The highest BCUT2D eigenvalue weighted by molar-refractivity contribution is 5.97. The van der Waals surface area contributed by atoms with Gasteiger partial charge in [0, 0.05) is 5.92 Å². The zero-order valence-electron chi connectivity index (χ0n) is 17.2. The molecule has 3 aromatic carbocycles. The van der Waals surface area contributed by atoms with Gasteiger partial charge in [-0.25, -0.2) is 9.59 Å². The molecule has 2 atom stereocenters. The predicted octanol–water partition coefficient (Wildman–Crippen LogP) is 5.40. The van der Waals surface area contributed by atoms with Crippen molar-refractivity contribution in [3.05, 3.63) is 89.5 Å². The Hall–Kier alpha value is -3.60. The fourth-order valence-electron chi connectivity index (χ4n) is 4.96. The number of anilines is 1. The third kappa shape index (κ3) is 3.17. The molecule has 156 valence electrons. The van der Waals surface area contributed by atoms with Crippen LogP contribution < -0.4 is 4.90 Å². The summed E-state index contributed by atoms with van der Waals surface area (Å²) in [7, 11) is 0. The molecule has 1 amide bonds. The summed E-state index contributed by atoms with van der Waals surface area (Å²) < 4.78 is 5.78. The van der Waals surface area contributed by atoms with Gasteiger partial charge in [-0.3, -0.25) is 4.90 Å². The van der Waals surface area contributed by atoms with Gasteiger partial charge in [0.15, 0.2) is 0 Å². The van der Waals surface area contributed by atoms with Gasteiger partial charge < -0.3 is 9.84 Å². The first-order chi connectivity index (χ1) is 15.1. The molecule has 3 aromatic rings. The average Bonchev–Trinajstić information content (AvgIpc) is 3.11. The fourth-order valence-corrected chi connectivity index (χ4v) is 4.96. The molecule has 0 spiro atoms. The lowest BCUT2D eigenvalue weighted by Crippen LogP contribution is -2.49. The van der Waals surface area contributed by atoms with Gasteiger partial charge in [-0.2, -0.15) is 0 Å². The number of rotatable bonds is 3. The maximum absolute atomic E-state index is 13.2. The van der Waals surface area contributed by atoms with E-state index in [0.717, 1.165) is 27.8 Å². The lowest BCUT2D eigenvalue weighted by atomic mass is 9.87. The molecule has 1 aliphatic carbocycles. The molecule has 5 nitrogen and oxygen atoms in total. The topological polar surface area (TPSA) is 66.8 Å². The number of carbonyl (C=O) groups is 2.